The van der Waals surface area contributed by atoms with Crippen molar-refractivity contribution in [1.82, 2.24) is 9.78 Å². The van der Waals surface area contributed by atoms with Crippen LogP contribution < -0.4 is 5.32 Å². The van der Waals surface area contributed by atoms with Crippen LogP contribution in [0.25, 0.3) is 5.69 Å². The summed E-state index contributed by atoms with van der Waals surface area (Å²) in [6.45, 7) is 1.15. The quantitative estimate of drug-likeness (QED) is 0.570. The number of nitrogens with zero attached hydrogens (tertiary/aromatic N) is 3. The zero-order chi connectivity index (χ0) is 21.0. The summed E-state index contributed by atoms with van der Waals surface area (Å²) in [6.07, 6.45) is 1.33. The van der Waals surface area contributed by atoms with Crippen molar-refractivity contribution in [3.05, 3.63) is 69.8 Å². The number of hydrogen-bond acceptors (Lipinski definition) is 6. The van der Waals surface area contributed by atoms with E-state index in [1.807, 2.05) is 12.1 Å². The highest BCUT2D eigenvalue weighted by Crippen LogP contribution is 2.29. The molecule has 0 atom stereocenters. The van der Waals surface area contributed by atoms with Crippen LogP contribution in [0.3, 0.4) is 0 Å². The Labute approximate surface area is 174 Å². The van der Waals surface area contributed by atoms with Crippen LogP contribution in [0.1, 0.15) is 21.5 Å². The van der Waals surface area contributed by atoms with Crippen molar-refractivity contribution in [2.75, 3.05) is 11.9 Å². The molecule has 1 heterocycles. The summed E-state index contributed by atoms with van der Waals surface area (Å²) in [4.78, 5) is 24.5. The van der Waals surface area contributed by atoms with E-state index in [0.717, 1.165) is 5.56 Å². The molecule has 1 aromatic heterocycles. The average Bonchev–Trinajstić information content (AvgIpc) is 3.12. The number of halogens is 1. The topological polar surface area (TPSA) is 117 Å². The SMILES string of the molecule is Cc1cc(Br)c(O)c(C(=O)OCC(=O)Nc2c(C#N)cnn2-c2ccccc2)c1. The molecule has 8 nitrogen and oxygen atoms in total. The fraction of sp³-hybridized carbons (Fsp3) is 0.100. The van der Waals surface area contributed by atoms with E-state index in [-0.39, 0.29) is 22.7 Å². The maximum atomic E-state index is 12.3. The van der Waals surface area contributed by atoms with E-state index < -0.39 is 18.5 Å². The molecule has 0 spiro atoms. The molecule has 146 valence electrons. The smallest absolute Gasteiger partial charge is 0.342 e. The van der Waals surface area contributed by atoms with Crippen molar-refractivity contribution >= 4 is 33.6 Å². The molecule has 0 bridgehead atoms. The standard InChI is InChI=1S/C20H15BrN4O4/c1-12-7-15(18(27)16(21)8-12)20(28)29-11-17(26)24-19-13(9-22)10-23-25(19)14-5-3-2-4-6-14/h2-8,10,27H,11H2,1H3,(H,24,26). The van der Waals surface area contributed by atoms with Gasteiger partial charge in [0.25, 0.3) is 5.91 Å². The van der Waals surface area contributed by atoms with Crippen LogP contribution in [-0.2, 0) is 9.53 Å². The third-order valence-corrected chi connectivity index (χ3v) is 4.51. The molecule has 3 aromatic rings. The molecule has 2 aromatic carbocycles. The van der Waals surface area contributed by atoms with Gasteiger partial charge in [0.1, 0.15) is 22.9 Å². The van der Waals surface area contributed by atoms with Crippen molar-refractivity contribution in [2.45, 2.75) is 6.92 Å². The molecule has 0 saturated carbocycles. The van der Waals surface area contributed by atoms with Crippen LogP contribution in [0.4, 0.5) is 5.82 Å². The van der Waals surface area contributed by atoms with Gasteiger partial charge in [-0.05, 0) is 52.7 Å². The number of aromatic nitrogens is 2. The predicted molar refractivity (Wildman–Crippen MR) is 108 cm³/mol. The highest BCUT2D eigenvalue weighted by Gasteiger charge is 2.19. The zero-order valence-corrected chi connectivity index (χ0v) is 16.8. The third-order valence-electron chi connectivity index (χ3n) is 3.91. The molecule has 0 unspecified atom stereocenters. The molecule has 0 fully saturated rings. The summed E-state index contributed by atoms with van der Waals surface area (Å²) in [5, 5.41) is 25.9. The molecule has 0 aliphatic rings. The minimum absolute atomic E-state index is 0.0586. The third kappa shape index (κ3) is 4.44. The van der Waals surface area contributed by atoms with Crippen LogP contribution in [0, 0.1) is 18.3 Å². The number of carbonyl (C=O) groups excluding carboxylic acids is 2. The number of anilines is 1. The molecule has 0 aliphatic carbocycles. The molecule has 29 heavy (non-hydrogen) atoms. The number of carbonyl (C=O) groups is 2. The van der Waals surface area contributed by atoms with Crippen LogP contribution >= 0.6 is 15.9 Å². The summed E-state index contributed by atoms with van der Waals surface area (Å²) in [5.74, 6) is -1.60. The Kier molecular flexibility index (Phi) is 5.95. The fourth-order valence-corrected chi connectivity index (χ4v) is 3.16. The Hall–Kier alpha value is -3.64. The zero-order valence-electron chi connectivity index (χ0n) is 15.2. The lowest BCUT2D eigenvalue weighted by Gasteiger charge is -2.11. The summed E-state index contributed by atoms with van der Waals surface area (Å²) in [5.41, 5.74) is 1.48. The van der Waals surface area contributed by atoms with Gasteiger partial charge in [-0.3, -0.25) is 4.79 Å². The number of benzene rings is 2. The lowest BCUT2D eigenvalue weighted by atomic mass is 10.1. The Morgan fingerprint density at radius 3 is 2.72 bits per heavy atom. The van der Waals surface area contributed by atoms with Crippen molar-refractivity contribution in [3.8, 4) is 17.5 Å². The van der Waals surface area contributed by atoms with Gasteiger partial charge in [-0.15, -0.1) is 0 Å². The number of aromatic hydroxyl groups is 1. The first kappa shape index (κ1) is 20.1. The number of phenolic OH excluding ortho intramolecular Hbond substituents is 1. The van der Waals surface area contributed by atoms with Crippen LogP contribution in [0.5, 0.6) is 5.75 Å². The van der Waals surface area contributed by atoms with Crippen LogP contribution in [0.2, 0.25) is 0 Å². The minimum Gasteiger partial charge on any atom is -0.506 e. The van der Waals surface area contributed by atoms with E-state index in [9.17, 15) is 20.0 Å². The normalized spacial score (nSPS) is 10.2. The largest absolute Gasteiger partial charge is 0.506 e. The van der Waals surface area contributed by atoms with E-state index in [0.29, 0.717) is 10.2 Å². The van der Waals surface area contributed by atoms with Gasteiger partial charge < -0.3 is 15.2 Å². The Bertz CT molecular complexity index is 1120. The van der Waals surface area contributed by atoms with Gasteiger partial charge in [0, 0.05) is 0 Å². The van der Waals surface area contributed by atoms with Crippen molar-refractivity contribution in [2.24, 2.45) is 0 Å². The van der Waals surface area contributed by atoms with Crippen molar-refractivity contribution < 1.29 is 19.4 Å². The number of phenols is 1. The summed E-state index contributed by atoms with van der Waals surface area (Å²) >= 11 is 3.15. The van der Waals surface area contributed by atoms with E-state index in [2.05, 4.69) is 26.3 Å². The molecule has 1 amide bonds. The highest BCUT2D eigenvalue weighted by molar-refractivity contribution is 9.10. The van der Waals surface area contributed by atoms with Gasteiger partial charge in [0.05, 0.1) is 16.4 Å². The number of rotatable bonds is 5. The number of nitrogens with one attached hydrogen (secondary N) is 1. The van der Waals surface area contributed by atoms with Crippen LogP contribution in [-0.4, -0.2) is 33.4 Å². The van der Waals surface area contributed by atoms with Gasteiger partial charge in [0.15, 0.2) is 12.4 Å². The molecule has 0 radical (unpaired) electrons. The Morgan fingerprint density at radius 2 is 2.03 bits per heavy atom. The lowest BCUT2D eigenvalue weighted by molar-refractivity contribution is -0.119. The lowest BCUT2D eigenvalue weighted by Crippen LogP contribution is -2.23. The van der Waals surface area contributed by atoms with E-state index in [1.165, 1.54) is 16.9 Å². The molecule has 0 saturated heterocycles. The maximum Gasteiger partial charge on any atom is 0.342 e. The molecular weight excluding hydrogens is 440 g/mol. The van der Waals surface area contributed by atoms with Crippen molar-refractivity contribution in [3.63, 3.8) is 0 Å². The summed E-state index contributed by atoms with van der Waals surface area (Å²) in [6, 6.07) is 14.0. The van der Waals surface area contributed by atoms with E-state index >= 15 is 0 Å². The van der Waals surface area contributed by atoms with Gasteiger partial charge in [-0.2, -0.15) is 10.4 Å². The first-order valence-corrected chi connectivity index (χ1v) is 9.19. The first-order valence-electron chi connectivity index (χ1n) is 8.40. The molecule has 0 aliphatic heterocycles. The monoisotopic (exact) mass is 454 g/mol. The number of amides is 1. The number of ether oxygens (including phenoxy) is 1. The second kappa shape index (κ2) is 8.58. The number of para-hydroxylation sites is 1. The predicted octanol–water partition coefficient (Wildman–Crippen LogP) is 3.32. The summed E-state index contributed by atoms with van der Waals surface area (Å²) < 4.78 is 6.76. The van der Waals surface area contributed by atoms with Crippen molar-refractivity contribution in [1.29, 1.82) is 5.26 Å². The highest BCUT2D eigenvalue weighted by atomic mass is 79.9. The molecule has 2 N–H and O–H groups in total. The number of aryl methyl sites for hydroxylation is 1. The van der Waals surface area contributed by atoms with E-state index in [4.69, 9.17) is 4.74 Å². The van der Waals surface area contributed by atoms with Gasteiger partial charge in [0.2, 0.25) is 0 Å². The fourth-order valence-electron chi connectivity index (χ4n) is 2.58. The molecule has 9 heteroatoms. The summed E-state index contributed by atoms with van der Waals surface area (Å²) in [7, 11) is 0. The molecule has 3 rings (SSSR count). The van der Waals surface area contributed by atoms with Crippen LogP contribution in [0.15, 0.2) is 53.1 Å². The Morgan fingerprint density at radius 1 is 1.31 bits per heavy atom. The van der Waals surface area contributed by atoms with Gasteiger partial charge in [-0.25, -0.2) is 9.48 Å². The second-order valence-electron chi connectivity index (χ2n) is 6.03. The maximum absolute atomic E-state index is 12.3. The number of nitriles is 1. The van der Waals surface area contributed by atoms with Gasteiger partial charge in [-0.1, -0.05) is 18.2 Å². The first-order chi connectivity index (χ1) is 13.9. The molecular formula is C20H15BrN4O4. The number of esters is 1. The number of hydrogen-bond donors (Lipinski definition) is 2. The second-order valence-corrected chi connectivity index (χ2v) is 6.89. The average molecular weight is 455 g/mol. The van der Waals surface area contributed by atoms with E-state index in [1.54, 1.807) is 37.3 Å². The Balaban J connectivity index is 1.73. The minimum atomic E-state index is -0.848. The van der Waals surface area contributed by atoms with Gasteiger partial charge >= 0.3 is 5.97 Å².